The normalized spacial score (nSPS) is 22.4. The van der Waals surface area contributed by atoms with Gasteiger partial charge >= 0.3 is 6.01 Å². The molecule has 2 aromatic heterocycles. The molecule has 0 amide bonds. The Kier molecular flexibility index (Phi) is 9.02. The van der Waals surface area contributed by atoms with Crippen LogP contribution in [0.5, 0.6) is 6.01 Å². The van der Waals surface area contributed by atoms with Gasteiger partial charge in [-0.2, -0.15) is 9.97 Å². The minimum Gasteiger partial charge on any atom is -0.461 e. The number of hydrogen-bond acceptors (Lipinski definition) is 7. The zero-order chi connectivity index (χ0) is 31.8. The van der Waals surface area contributed by atoms with Crippen molar-refractivity contribution in [1.82, 2.24) is 29.3 Å². The van der Waals surface area contributed by atoms with Crippen LogP contribution in [0.1, 0.15) is 52.4 Å². The number of aromatic nitrogens is 3. The van der Waals surface area contributed by atoms with Crippen molar-refractivity contribution < 1.29 is 17.7 Å². The first-order valence-electron chi connectivity index (χ1n) is 15.7. The van der Waals surface area contributed by atoms with Crippen LogP contribution in [-0.2, 0) is 11.2 Å². The van der Waals surface area contributed by atoms with E-state index in [1.54, 1.807) is 41.4 Å². The van der Waals surface area contributed by atoms with E-state index in [0.717, 1.165) is 58.2 Å². The summed E-state index contributed by atoms with van der Waals surface area (Å²) in [5, 5.41) is 1.49. The fourth-order valence-corrected chi connectivity index (χ4v) is 8.12. The summed E-state index contributed by atoms with van der Waals surface area (Å²) in [7, 11) is 3.68. The highest BCUT2D eigenvalue weighted by Gasteiger charge is 2.45. The number of hydrogen-bond donors (Lipinski definition) is 2. The SMILES string of the molecule is CCCC1(C)CNS(=O)N1.CN(C)c1nc(OCC23CCCN2CCC3)nc2c(F)c(-c3cccc4cccc(F)c34)ncc12. The van der Waals surface area contributed by atoms with E-state index in [1.165, 1.54) is 6.07 Å². The van der Waals surface area contributed by atoms with Crippen LogP contribution in [0, 0.1) is 11.6 Å². The Morgan fingerprint density at radius 2 is 1.82 bits per heavy atom. The van der Waals surface area contributed by atoms with Gasteiger partial charge < -0.3 is 9.64 Å². The predicted octanol–water partition coefficient (Wildman–Crippen LogP) is 5.51. The van der Waals surface area contributed by atoms with Gasteiger partial charge in [0.05, 0.1) is 10.9 Å². The van der Waals surface area contributed by atoms with E-state index in [9.17, 15) is 8.60 Å². The quantitative estimate of drug-likeness (QED) is 0.276. The third-order valence-corrected chi connectivity index (χ3v) is 10.3. The Morgan fingerprint density at radius 3 is 2.49 bits per heavy atom. The van der Waals surface area contributed by atoms with Crippen LogP contribution in [0.15, 0.2) is 42.6 Å². The molecule has 3 aliphatic rings. The lowest BCUT2D eigenvalue weighted by molar-refractivity contribution is 0.108. The molecule has 45 heavy (non-hydrogen) atoms. The molecule has 2 atom stereocenters. The van der Waals surface area contributed by atoms with E-state index >= 15 is 4.39 Å². The monoisotopic (exact) mass is 637 g/mol. The van der Waals surface area contributed by atoms with Crippen molar-refractivity contribution in [3.8, 4) is 17.3 Å². The van der Waals surface area contributed by atoms with Crippen molar-refractivity contribution >= 4 is 38.7 Å². The zero-order valence-corrected chi connectivity index (χ0v) is 27.1. The zero-order valence-electron chi connectivity index (χ0n) is 26.3. The molecule has 0 aliphatic carbocycles. The van der Waals surface area contributed by atoms with Gasteiger partial charge in [-0.1, -0.05) is 43.7 Å². The molecule has 0 saturated carbocycles. The summed E-state index contributed by atoms with van der Waals surface area (Å²) in [5.74, 6) is -0.508. The maximum absolute atomic E-state index is 16.0. The lowest BCUT2D eigenvalue weighted by Crippen LogP contribution is -2.43. The van der Waals surface area contributed by atoms with Gasteiger partial charge in [0.15, 0.2) is 17.0 Å². The summed E-state index contributed by atoms with van der Waals surface area (Å²) < 4.78 is 53.6. The number of halogens is 2. The van der Waals surface area contributed by atoms with Crippen molar-refractivity contribution in [3.63, 3.8) is 0 Å². The van der Waals surface area contributed by atoms with Crippen molar-refractivity contribution in [2.75, 3.05) is 45.2 Å². The molecule has 240 valence electrons. The average molecular weight is 638 g/mol. The van der Waals surface area contributed by atoms with Crippen LogP contribution in [-0.4, -0.2) is 75.5 Å². The maximum atomic E-state index is 16.0. The Morgan fingerprint density at radius 1 is 1.09 bits per heavy atom. The van der Waals surface area contributed by atoms with Gasteiger partial charge in [0.2, 0.25) is 0 Å². The summed E-state index contributed by atoms with van der Waals surface area (Å²) in [4.78, 5) is 17.8. The molecule has 2 unspecified atom stereocenters. The van der Waals surface area contributed by atoms with E-state index in [1.807, 2.05) is 14.1 Å². The van der Waals surface area contributed by atoms with E-state index in [0.29, 0.717) is 34.1 Å². The number of benzene rings is 2. The van der Waals surface area contributed by atoms with Gasteiger partial charge in [-0.3, -0.25) is 9.88 Å². The second kappa shape index (κ2) is 12.8. The molecule has 7 rings (SSSR count). The molecule has 0 spiro atoms. The van der Waals surface area contributed by atoms with E-state index in [4.69, 9.17) is 4.74 Å². The van der Waals surface area contributed by atoms with Crippen molar-refractivity contribution in [3.05, 3.63) is 54.2 Å². The highest BCUT2D eigenvalue weighted by molar-refractivity contribution is 7.81. The standard InChI is InChI=1S/C27H27F2N5O.C6H14N2OS/c1-33(2)25-19-15-30-23(18-9-3-7-17-8-4-10-20(28)21(17)18)22(29)24(19)31-26(32-25)35-16-27-11-5-13-34(27)14-6-12-27;1-3-4-6(2)5-7-10(9)8-6/h3-4,7-10,15H,5-6,11-14,16H2,1-2H3;7-8H,3-5H2,1-2H3. The smallest absolute Gasteiger partial charge is 0.319 e. The molecule has 0 bridgehead atoms. The third kappa shape index (κ3) is 6.25. The molecular weight excluding hydrogens is 596 g/mol. The number of fused-ring (bicyclic) bond motifs is 3. The molecule has 3 saturated heterocycles. The van der Waals surface area contributed by atoms with Crippen LogP contribution in [0.3, 0.4) is 0 Å². The van der Waals surface area contributed by atoms with Gasteiger partial charge in [0.25, 0.3) is 0 Å². The molecule has 4 aromatic rings. The second-order valence-corrected chi connectivity index (χ2v) is 13.8. The highest BCUT2D eigenvalue weighted by Crippen LogP contribution is 2.40. The van der Waals surface area contributed by atoms with Gasteiger partial charge in [0.1, 0.15) is 29.5 Å². The van der Waals surface area contributed by atoms with Crippen LogP contribution < -0.4 is 19.1 Å². The molecular formula is C33H41F2N7O2S. The topological polar surface area (TPSA) is 95.5 Å². The molecule has 12 heteroatoms. The number of nitrogens with one attached hydrogen (secondary N) is 2. The van der Waals surface area contributed by atoms with Crippen LogP contribution in [0.4, 0.5) is 14.6 Å². The predicted molar refractivity (Wildman–Crippen MR) is 175 cm³/mol. The van der Waals surface area contributed by atoms with Gasteiger partial charge in [0, 0.05) is 43.3 Å². The van der Waals surface area contributed by atoms with Gasteiger partial charge in [-0.15, -0.1) is 0 Å². The van der Waals surface area contributed by atoms with Crippen LogP contribution in [0.2, 0.25) is 0 Å². The van der Waals surface area contributed by atoms with E-state index in [2.05, 4.69) is 43.1 Å². The number of ether oxygens (including phenoxy) is 1. The first-order chi connectivity index (χ1) is 21.6. The number of pyridine rings is 1. The summed E-state index contributed by atoms with van der Waals surface area (Å²) >= 11 is -0.994. The summed E-state index contributed by atoms with van der Waals surface area (Å²) in [6.07, 6.45) is 8.27. The largest absolute Gasteiger partial charge is 0.461 e. The van der Waals surface area contributed by atoms with Crippen molar-refractivity contribution in [2.45, 2.75) is 63.5 Å². The Labute approximate surface area is 265 Å². The van der Waals surface area contributed by atoms with E-state index in [-0.39, 0.29) is 28.3 Å². The molecule has 2 aromatic carbocycles. The fraction of sp³-hybridized carbons (Fsp3) is 0.485. The van der Waals surface area contributed by atoms with E-state index < -0.39 is 22.8 Å². The minimum absolute atomic E-state index is 0.0268. The second-order valence-electron chi connectivity index (χ2n) is 12.8. The Balaban J connectivity index is 0.000000306. The maximum Gasteiger partial charge on any atom is 0.319 e. The lowest BCUT2D eigenvalue weighted by Gasteiger charge is -2.31. The van der Waals surface area contributed by atoms with Crippen molar-refractivity contribution in [1.29, 1.82) is 0 Å². The molecule has 3 fully saturated rings. The molecule has 0 radical (unpaired) electrons. The van der Waals surface area contributed by atoms with Crippen molar-refractivity contribution in [2.24, 2.45) is 0 Å². The first kappa shape index (κ1) is 31.7. The summed E-state index contributed by atoms with van der Waals surface area (Å²) in [6, 6.07) is 10.2. The highest BCUT2D eigenvalue weighted by atomic mass is 32.2. The Hall–Kier alpha value is -3.32. The number of anilines is 1. The average Bonchev–Trinajstić information content (AvgIpc) is 3.70. The molecule has 9 nitrogen and oxygen atoms in total. The number of rotatable bonds is 7. The number of nitrogens with zero attached hydrogens (tertiary/aromatic N) is 5. The van der Waals surface area contributed by atoms with Gasteiger partial charge in [-0.25, -0.2) is 22.4 Å². The molecule has 3 aliphatic heterocycles. The molecule has 5 heterocycles. The third-order valence-electron chi connectivity index (χ3n) is 9.19. The summed E-state index contributed by atoms with van der Waals surface area (Å²) in [5.41, 5.74) is 0.639. The fourth-order valence-electron chi connectivity index (χ4n) is 6.98. The molecule has 2 N–H and O–H groups in total. The Bertz CT molecular complexity index is 1720. The first-order valence-corrected chi connectivity index (χ1v) is 16.8. The summed E-state index contributed by atoms with van der Waals surface area (Å²) in [6.45, 7) is 7.71. The van der Waals surface area contributed by atoms with Crippen LogP contribution >= 0.6 is 0 Å². The minimum atomic E-state index is -0.994. The van der Waals surface area contributed by atoms with Crippen LogP contribution in [0.25, 0.3) is 32.9 Å². The lowest BCUT2D eigenvalue weighted by atomic mass is 9.95. The van der Waals surface area contributed by atoms with Gasteiger partial charge in [-0.05, 0) is 63.6 Å².